The molecule has 6 heteroatoms. The lowest BCUT2D eigenvalue weighted by Gasteiger charge is -2.14. The highest BCUT2D eigenvalue weighted by molar-refractivity contribution is 7.15. The van der Waals surface area contributed by atoms with Crippen molar-refractivity contribution in [1.29, 1.82) is 0 Å². The molecule has 0 radical (unpaired) electrons. The van der Waals surface area contributed by atoms with Gasteiger partial charge in [0, 0.05) is 0 Å². The third-order valence-electron chi connectivity index (χ3n) is 3.39. The number of thiophene rings is 1. The third-order valence-corrected chi connectivity index (χ3v) is 4.47. The van der Waals surface area contributed by atoms with Crippen molar-refractivity contribution in [2.45, 2.75) is 26.3 Å². The van der Waals surface area contributed by atoms with Gasteiger partial charge in [-0.15, -0.1) is 11.3 Å². The largest absolute Gasteiger partial charge is 0.345 e. The van der Waals surface area contributed by atoms with E-state index >= 15 is 0 Å². The predicted molar refractivity (Wildman–Crippen MR) is 85.3 cm³/mol. The summed E-state index contributed by atoms with van der Waals surface area (Å²) in [6, 6.07) is 11.0. The molecule has 0 aliphatic heterocycles. The van der Waals surface area contributed by atoms with Gasteiger partial charge in [0.15, 0.2) is 0 Å². The Balaban J connectivity index is 2.04. The van der Waals surface area contributed by atoms with Crippen molar-refractivity contribution in [2.24, 2.45) is 0 Å². The molecule has 0 saturated carbocycles. The maximum Gasteiger partial charge on any atom is 0.284 e. The van der Waals surface area contributed by atoms with E-state index in [2.05, 4.69) is 12.2 Å². The van der Waals surface area contributed by atoms with Gasteiger partial charge in [-0.1, -0.05) is 31.2 Å². The molecule has 0 fully saturated rings. The Labute approximate surface area is 132 Å². The van der Waals surface area contributed by atoms with E-state index in [-0.39, 0.29) is 16.8 Å². The number of nitrogens with one attached hydrogen (secondary N) is 2. The van der Waals surface area contributed by atoms with Crippen LogP contribution in [0.25, 0.3) is 0 Å². The van der Waals surface area contributed by atoms with Crippen molar-refractivity contribution in [3.05, 3.63) is 57.3 Å². The van der Waals surface area contributed by atoms with Crippen LogP contribution >= 0.6 is 11.3 Å². The minimum atomic E-state index is -0.618. The average Bonchev–Trinajstić information content (AvgIpc) is 3.04. The quantitative estimate of drug-likeness (QED) is 0.586. The Kier molecular flexibility index (Phi) is 5.30. The van der Waals surface area contributed by atoms with Crippen LogP contribution < -0.4 is 10.8 Å². The predicted octanol–water partition coefficient (Wildman–Crippen LogP) is 2.92. The van der Waals surface area contributed by atoms with E-state index in [1.54, 1.807) is 11.5 Å². The number of amides is 2. The topological polar surface area (TPSA) is 78.4 Å². The van der Waals surface area contributed by atoms with Crippen LogP contribution in [0.3, 0.4) is 0 Å². The summed E-state index contributed by atoms with van der Waals surface area (Å²) in [6.45, 7) is 4.00. The Bertz CT molecular complexity index is 664. The minimum absolute atomic E-state index is 0.129. The number of benzene rings is 1. The second kappa shape index (κ2) is 7.20. The van der Waals surface area contributed by atoms with Gasteiger partial charge in [-0.25, -0.2) is 5.48 Å². The molecule has 2 aromatic rings. The molecule has 1 atom stereocenters. The van der Waals surface area contributed by atoms with Gasteiger partial charge >= 0.3 is 0 Å². The molecule has 3 N–H and O–H groups in total. The Morgan fingerprint density at radius 3 is 2.23 bits per heavy atom. The zero-order valence-electron chi connectivity index (χ0n) is 12.4. The third kappa shape index (κ3) is 3.72. The molecule has 1 aromatic heterocycles. The molecule has 1 heterocycles. The fraction of sp³-hybridized carbons (Fsp3) is 0.250. The van der Waals surface area contributed by atoms with Crippen LogP contribution in [0.2, 0.25) is 0 Å². The highest BCUT2D eigenvalue weighted by Gasteiger charge is 2.15. The lowest BCUT2D eigenvalue weighted by Crippen LogP contribution is -2.25. The van der Waals surface area contributed by atoms with Gasteiger partial charge in [0.1, 0.15) is 0 Å². The summed E-state index contributed by atoms with van der Waals surface area (Å²) in [5.74, 6) is -0.860. The molecule has 5 nitrogen and oxygen atoms in total. The Hall–Kier alpha value is -2.18. The molecule has 22 heavy (non-hydrogen) atoms. The molecule has 0 bridgehead atoms. The van der Waals surface area contributed by atoms with Crippen molar-refractivity contribution < 1.29 is 14.8 Å². The molecule has 0 aliphatic carbocycles. The van der Waals surface area contributed by atoms with Crippen molar-refractivity contribution >= 4 is 23.2 Å². The first kappa shape index (κ1) is 16.2. The first-order valence-corrected chi connectivity index (χ1v) is 7.80. The van der Waals surface area contributed by atoms with Gasteiger partial charge < -0.3 is 5.32 Å². The summed E-state index contributed by atoms with van der Waals surface area (Å²) < 4.78 is 0. The van der Waals surface area contributed by atoms with Crippen LogP contribution in [0.4, 0.5) is 0 Å². The van der Waals surface area contributed by atoms with Crippen molar-refractivity contribution in [1.82, 2.24) is 10.8 Å². The molecular weight excluding hydrogens is 300 g/mol. The number of aryl methyl sites for hydroxylation is 1. The highest BCUT2D eigenvalue weighted by Crippen LogP contribution is 2.19. The Morgan fingerprint density at radius 1 is 1.09 bits per heavy atom. The van der Waals surface area contributed by atoms with Gasteiger partial charge in [0.2, 0.25) is 0 Å². The summed E-state index contributed by atoms with van der Waals surface area (Å²) in [7, 11) is 0. The summed E-state index contributed by atoms with van der Waals surface area (Å²) in [4.78, 5) is 24.2. The van der Waals surface area contributed by atoms with E-state index < -0.39 is 5.91 Å². The fourth-order valence-corrected chi connectivity index (χ4v) is 2.83. The van der Waals surface area contributed by atoms with Gasteiger partial charge in [0.05, 0.1) is 15.8 Å². The van der Waals surface area contributed by atoms with Crippen molar-refractivity contribution in [3.63, 3.8) is 0 Å². The van der Waals surface area contributed by atoms with E-state index in [4.69, 9.17) is 5.21 Å². The zero-order chi connectivity index (χ0) is 16.1. The summed E-state index contributed by atoms with van der Waals surface area (Å²) in [6.07, 6.45) is 0.978. The lowest BCUT2D eigenvalue weighted by atomic mass is 10.0. The van der Waals surface area contributed by atoms with E-state index in [0.717, 1.165) is 23.3 Å². The van der Waals surface area contributed by atoms with Crippen LogP contribution in [0.5, 0.6) is 0 Å². The molecule has 0 unspecified atom stereocenters. The van der Waals surface area contributed by atoms with Crippen LogP contribution in [0.1, 0.15) is 50.4 Å². The van der Waals surface area contributed by atoms with Gasteiger partial charge in [-0.2, -0.15) is 0 Å². The van der Waals surface area contributed by atoms with E-state index in [1.807, 2.05) is 31.2 Å². The SMILES string of the molecule is CCc1ccc([C@@H](C)NC(=O)c2ccc(C(=O)NO)s2)cc1. The lowest BCUT2D eigenvalue weighted by molar-refractivity contribution is 0.0711. The monoisotopic (exact) mass is 318 g/mol. The van der Waals surface area contributed by atoms with Gasteiger partial charge in [0.25, 0.3) is 11.8 Å². The molecule has 0 saturated heterocycles. The van der Waals surface area contributed by atoms with Gasteiger partial charge in [-0.3, -0.25) is 14.8 Å². The molecule has 2 rings (SSSR count). The Morgan fingerprint density at radius 2 is 1.68 bits per heavy atom. The highest BCUT2D eigenvalue weighted by atomic mass is 32.1. The smallest absolute Gasteiger partial charge is 0.284 e. The number of hydrogen-bond acceptors (Lipinski definition) is 4. The normalized spacial score (nSPS) is 11.8. The van der Waals surface area contributed by atoms with E-state index in [1.165, 1.54) is 11.6 Å². The molecule has 2 amide bonds. The second-order valence-electron chi connectivity index (χ2n) is 4.90. The summed E-state index contributed by atoms with van der Waals surface area (Å²) >= 11 is 1.03. The summed E-state index contributed by atoms with van der Waals surface area (Å²) in [5.41, 5.74) is 3.82. The van der Waals surface area contributed by atoms with Crippen molar-refractivity contribution in [3.8, 4) is 0 Å². The number of carbonyl (C=O) groups excluding carboxylic acids is 2. The minimum Gasteiger partial charge on any atom is -0.345 e. The number of carbonyl (C=O) groups is 2. The molecule has 1 aromatic carbocycles. The molecule has 116 valence electrons. The first-order chi connectivity index (χ1) is 10.5. The number of rotatable bonds is 5. The first-order valence-electron chi connectivity index (χ1n) is 6.99. The molecular formula is C16H18N2O3S. The average molecular weight is 318 g/mol. The zero-order valence-corrected chi connectivity index (χ0v) is 13.2. The van der Waals surface area contributed by atoms with Crippen molar-refractivity contribution in [2.75, 3.05) is 0 Å². The van der Waals surface area contributed by atoms with E-state index in [9.17, 15) is 9.59 Å². The number of hydrogen-bond donors (Lipinski definition) is 3. The van der Waals surface area contributed by atoms with Crippen LogP contribution in [-0.4, -0.2) is 17.0 Å². The molecule has 0 aliphatic rings. The van der Waals surface area contributed by atoms with Crippen LogP contribution in [0.15, 0.2) is 36.4 Å². The van der Waals surface area contributed by atoms with Gasteiger partial charge in [-0.05, 0) is 36.6 Å². The van der Waals surface area contributed by atoms with E-state index in [0.29, 0.717) is 4.88 Å². The summed E-state index contributed by atoms with van der Waals surface area (Å²) in [5, 5.41) is 11.5. The molecule has 0 spiro atoms. The van der Waals surface area contributed by atoms with Crippen LogP contribution in [-0.2, 0) is 6.42 Å². The standard InChI is InChI=1S/C16H18N2O3S/c1-3-11-4-6-12(7-5-11)10(2)17-15(19)13-8-9-14(22-13)16(20)18-21/h4-10,21H,3H2,1-2H3,(H,17,19)(H,18,20)/t10-/m1/s1. The number of hydroxylamine groups is 1. The fourth-order valence-electron chi connectivity index (χ4n) is 2.03. The van der Waals surface area contributed by atoms with Crippen LogP contribution in [0, 0.1) is 0 Å². The second-order valence-corrected chi connectivity index (χ2v) is 5.98. The maximum atomic E-state index is 12.2. The maximum absolute atomic E-state index is 12.2.